The van der Waals surface area contributed by atoms with E-state index in [9.17, 15) is 0 Å². The van der Waals surface area contributed by atoms with Gasteiger partial charge in [0.1, 0.15) is 0 Å². The van der Waals surface area contributed by atoms with E-state index in [2.05, 4.69) is 17.2 Å². The number of anilines is 1. The summed E-state index contributed by atoms with van der Waals surface area (Å²) in [6.07, 6.45) is 0. The molecule has 0 aromatic carbocycles. The molecular formula is C11H18N2O. The van der Waals surface area contributed by atoms with Crippen molar-refractivity contribution in [2.45, 2.75) is 27.7 Å². The fourth-order valence-corrected chi connectivity index (χ4v) is 1.56. The van der Waals surface area contributed by atoms with Crippen LogP contribution in [-0.2, 0) is 0 Å². The Bertz CT molecular complexity index is 335. The van der Waals surface area contributed by atoms with Crippen LogP contribution in [0.3, 0.4) is 0 Å². The van der Waals surface area contributed by atoms with Crippen LogP contribution in [0.5, 0.6) is 5.88 Å². The van der Waals surface area contributed by atoms with Crippen molar-refractivity contribution in [3.63, 3.8) is 0 Å². The average molecular weight is 194 g/mol. The Morgan fingerprint density at radius 2 is 1.86 bits per heavy atom. The summed E-state index contributed by atoms with van der Waals surface area (Å²) in [6, 6.07) is 0. The molecule has 0 spiro atoms. The second-order valence-corrected chi connectivity index (χ2v) is 3.31. The standard InChI is InChI=1S/C11H18N2O/c1-6-14-11-8(3)7(2)10(12-5)9(4)13-11/h12H,6H2,1-5H3. The van der Waals surface area contributed by atoms with Crippen molar-refractivity contribution in [3.05, 3.63) is 16.8 Å². The van der Waals surface area contributed by atoms with Crippen LogP contribution in [-0.4, -0.2) is 18.6 Å². The Kier molecular flexibility index (Phi) is 3.33. The Morgan fingerprint density at radius 3 is 2.36 bits per heavy atom. The van der Waals surface area contributed by atoms with Gasteiger partial charge in [-0.15, -0.1) is 0 Å². The summed E-state index contributed by atoms with van der Waals surface area (Å²) in [5.41, 5.74) is 4.41. The molecule has 0 amide bonds. The Morgan fingerprint density at radius 1 is 1.21 bits per heavy atom. The molecule has 3 nitrogen and oxygen atoms in total. The first-order chi connectivity index (χ1) is 6.61. The van der Waals surface area contributed by atoms with Gasteiger partial charge in [-0.25, -0.2) is 4.98 Å². The molecule has 1 N–H and O–H groups in total. The van der Waals surface area contributed by atoms with Gasteiger partial charge in [0, 0.05) is 12.6 Å². The van der Waals surface area contributed by atoms with E-state index in [1.165, 1.54) is 5.56 Å². The number of rotatable bonds is 3. The minimum atomic E-state index is 0.658. The van der Waals surface area contributed by atoms with Crippen LogP contribution in [0.1, 0.15) is 23.7 Å². The minimum absolute atomic E-state index is 0.658. The highest BCUT2D eigenvalue weighted by atomic mass is 16.5. The lowest BCUT2D eigenvalue weighted by atomic mass is 10.1. The number of hydrogen-bond acceptors (Lipinski definition) is 3. The monoisotopic (exact) mass is 194 g/mol. The number of nitrogens with zero attached hydrogens (tertiary/aromatic N) is 1. The van der Waals surface area contributed by atoms with Crippen molar-refractivity contribution in [3.8, 4) is 5.88 Å². The number of aryl methyl sites for hydroxylation is 1. The second kappa shape index (κ2) is 4.31. The molecule has 0 radical (unpaired) electrons. The lowest BCUT2D eigenvalue weighted by molar-refractivity contribution is 0.323. The average Bonchev–Trinajstić information content (AvgIpc) is 2.15. The summed E-state index contributed by atoms with van der Waals surface area (Å²) in [5, 5.41) is 3.16. The molecule has 1 aromatic rings. The Balaban J connectivity index is 3.25. The van der Waals surface area contributed by atoms with Gasteiger partial charge < -0.3 is 10.1 Å². The lowest BCUT2D eigenvalue weighted by Crippen LogP contribution is -2.04. The summed E-state index contributed by atoms with van der Waals surface area (Å²) in [5.74, 6) is 0.751. The Labute approximate surface area is 85.5 Å². The molecule has 78 valence electrons. The quantitative estimate of drug-likeness (QED) is 0.802. The van der Waals surface area contributed by atoms with Crippen molar-refractivity contribution < 1.29 is 4.74 Å². The van der Waals surface area contributed by atoms with Gasteiger partial charge in [-0.2, -0.15) is 0 Å². The molecule has 1 heterocycles. The fourth-order valence-electron chi connectivity index (χ4n) is 1.56. The normalized spacial score (nSPS) is 10.1. The third-order valence-corrected chi connectivity index (χ3v) is 2.42. The van der Waals surface area contributed by atoms with Crippen LogP contribution < -0.4 is 10.1 Å². The zero-order chi connectivity index (χ0) is 10.7. The van der Waals surface area contributed by atoms with E-state index in [0.29, 0.717) is 6.61 Å². The molecule has 0 atom stereocenters. The van der Waals surface area contributed by atoms with Crippen molar-refractivity contribution in [1.29, 1.82) is 0 Å². The molecule has 1 rings (SSSR count). The molecular weight excluding hydrogens is 176 g/mol. The van der Waals surface area contributed by atoms with Gasteiger partial charge in [-0.05, 0) is 33.3 Å². The van der Waals surface area contributed by atoms with Crippen LogP contribution >= 0.6 is 0 Å². The number of ether oxygens (including phenoxy) is 1. The number of pyridine rings is 1. The van der Waals surface area contributed by atoms with Crippen molar-refractivity contribution in [2.75, 3.05) is 19.0 Å². The number of nitrogens with one attached hydrogen (secondary N) is 1. The molecule has 0 bridgehead atoms. The molecule has 3 heteroatoms. The van der Waals surface area contributed by atoms with Crippen LogP contribution in [0.4, 0.5) is 5.69 Å². The highest BCUT2D eigenvalue weighted by Crippen LogP contribution is 2.27. The van der Waals surface area contributed by atoms with E-state index < -0.39 is 0 Å². The maximum Gasteiger partial charge on any atom is 0.216 e. The predicted octanol–water partition coefficient (Wildman–Crippen LogP) is 2.45. The topological polar surface area (TPSA) is 34.1 Å². The molecule has 0 aliphatic heterocycles. The summed E-state index contributed by atoms with van der Waals surface area (Å²) in [4.78, 5) is 4.41. The Hall–Kier alpha value is -1.25. The van der Waals surface area contributed by atoms with Crippen LogP contribution in [0.15, 0.2) is 0 Å². The molecule has 0 aliphatic rings. The molecule has 0 unspecified atom stereocenters. The van der Waals surface area contributed by atoms with Crippen molar-refractivity contribution in [1.82, 2.24) is 4.98 Å². The number of aromatic nitrogens is 1. The molecule has 0 saturated carbocycles. The van der Waals surface area contributed by atoms with Gasteiger partial charge >= 0.3 is 0 Å². The minimum Gasteiger partial charge on any atom is -0.478 e. The molecule has 0 fully saturated rings. The molecule has 14 heavy (non-hydrogen) atoms. The summed E-state index contributed by atoms with van der Waals surface area (Å²) >= 11 is 0. The van der Waals surface area contributed by atoms with E-state index in [0.717, 1.165) is 22.8 Å². The van der Waals surface area contributed by atoms with E-state index >= 15 is 0 Å². The van der Waals surface area contributed by atoms with Gasteiger partial charge in [-0.1, -0.05) is 0 Å². The maximum absolute atomic E-state index is 5.46. The van der Waals surface area contributed by atoms with Gasteiger partial charge in [0.25, 0.3) is 0 Å². The van der Waals surface area contributed by atoms with E-state index in [-0.39, 0.29) is 0 Å². The summed E-state index contributed by atoms with van der Waals surface area (Å²) < 4.78 is 5.46. The van der Waals surface area contributed by atoms with Gasteiger partial charge in [-0.3, -0.25) is 0 Å². The maximum atomic E-state index is 5.46. The van der Waals surface area contributed by atoms with Crippen molar-refractivity contribution in [2.24, 2.45) is 0 Å². The SMILES string of the molecule is CCOc1nc(C)c(NC)c(C)c1C. The van der Waals surface area contributed by atoms with Crippen molar-refractivity contribution >= 4 is 5.69 Å². The molecule has 1 aromatic heterocycles. The third-order valence-electron chi connectivity index (χ3n) is 2.42. The van der Waals surface area contributed by atoms with Crippen LogP contribution in [0.25, 0.3) is 0 Å². The second-order valence-electron chi connectivity index (χ2n) is 3.31. The number of hydrogen-bond donors (Lipinski definition) is 1. The van der Waals surface area contributed by atoms with E-state index in [1.54, 1.807) is 0 Å². The van der Waals surface area contributed by atoms with Gasteiger partial charge in [0.2, 0.25) is 5.88 Å². The van der Waals surface area contributed by atoms with Gasteiger partial charge in [0.15, 0.2) is 0 Å². The summed E-state index contributed by atoms with van der Waals surface area (Å²) in [6.45, 7) is 8.73. The molecule has 0 saturated heterocycles. The fraction of sp³-hybridized carbons (Fsp3) is 0.545. The van der Waals surface area contributed by atoms with Crippen LogP contribution in [0, 0.1) is 20.8 Å². The predicted molar refractivity (Wildman–Crippen MR) is 59.2 cm³/mol. The first-order valence-corrected chi connectivity index (χ1v) is 4.90. The lowest BCUT2D eigenvalue weighted by Gasteiger charge is -2.14. The zero-order valence-electron chi connectivity index (χ0n) is 9.56. The summed E-state index contributed by atoms with van der Waals surface area (Å²) in [7, 11) is 1.91. The largest absolute Gasteiger partial charge is 0.478 e. The first kappa shape index (κ1) is 10.8. The van der Waals surface area contributed by atoms with E-state index in [1.807, 2.05) is 27.8 Å². The third kappa shape index (κ3) is 1.81. The first-order valence-electron chi connectivity index (χ1n) is 4.90. The highest BCUT2D eigenvalue weighted by Gasteiger charge is 2.10. The highest BCUT2D eigenvalue weighted by molar-refractivity contribution is 5.58. The van der Waals surface area contributed by atoms with Crippen LogP contribution in [0.2, 0.25) is 0 Å². The van der Waals surface area contributed by atoms with Gasteiger partial charge in [0.05, 0.1) is 18.0 Å². The smallest absolute Gasteiger partial charge is 0.216 e. The molecule has 0 aliphatic carbocycles. The zero-order valence-corrected chi connectivity index (χ0v) is 9.56. The van der Waals surface area contributed by atoms with E-state index in [4.69, 9.17) is 4.74 Å².